The van der Waals surface area contributed by atoms with Crippen LogP contribution in [0.15, 0.2) is 128 Å². The number of nitrogens with zero attached hydrogens (tertiary/aromatic N) is 5. The van der Waals surface area contributed by atoms with Crippen molar-refractivity contribution in [1.82, 2.24) is 24.8 Å². The Morgan fingerprint density at radius 1 is 0.479 bits per heavy atom. The average molecular weight is 932 g/mol. The number of carbonyl (C=O) groups is 4. The summed E-state index contributed by atoms with van der Waals surface area (Å²) in [5.74, 6) is 5.89. The lowest BCUT2D eigenvalue weighted by molar-refractivity contribution is -0.126. The number of benzene rings is 4. The van der Waals surface area contributed by atoms with Crippen LogP contribution in [0.1, 0.15) is 114 Å². The van der Waals surface area contributed by atoms with Crippen molar-refractivity contribution in [3.05, 3.63) is 172 Å². The third-order valence-electron chi connectivity index (χ3n) is 14.7. The van der Waals surface area contributed by atoms with E-state index in [0.717, 1.165) is 72.7 Å². The second-order valence-electron chi connectivity index (χ2n) is 20.5. The van der Waals surface area contributed by atoms with Crippen molar-refractivity contribution in [3.8, 4) is 56.9 Å². The maximum Gasteiger partial charge on any atom is 0.261 e. The number of aromatic nitrogens is 3. The van der Waals surface area contributed by atoms with Crippen LogP contribution in [0.5, 0.6) is 0 Å². The molecule has 5 heterocycles. The lowest BCUT2D eigenvalue weighted by Gasteiger charge is -2.40. The number of rotatable bonds is 9. The van der Waals surface area contributed by atoms with Gasteiger partial charge in [0.15, 0.2) is 0 Å². The Kier molecular flexibility index (Phi) is 11.1. The number of amides is 4. The normalized spacial score (nSPS) is 14.7. The Bertz CT molecular complexity index is 3460. The van der Waals surface area contributed by atoms with Crippen LogP contribution in [-0.4, -0.2) is 60.5 Å². The summed E-state index contributed by atoms with van der Waals surface area (Å²) in [6.45, 7) is 16.4. The van der Waals surface area contributed by atoms with E-state index in [-0.39, 0.29) is 59.4 Å². The number of carbonyl (C=O) groups excluding carboxylic acids is 4. The zero-order valence-corrected chi connectivity index (χ0v) is 41.2. The molecule has 0 radical (unpaired) electrons. The monoisotopic (exact) mass is 931 g/mol. The van der Waals surface area contributed by atoms with Crippen molar-refractivity contribution in [2.45, 2.75) is 73.9 Å². The highest BCUT2D eigenvalue weighted by molar-refractivity contribution is 6.34. The van der Waals surface area contributed by atoms with E-state index < -0.39 is 0 Å². The first-order chi connectivity index (χ1) is 34.2. The fourth-order valence-corrected chi connectivity index (χ4v) is 11.9. The Morgan fingerprint density at radius 3 is 1.55 bits per heavy atom. The molecular weight excluding hydrogens is 879 g/mol. The quantitative estimate of drug-likeness (QED) is 0.105. The van der Waals surface area contributed by atoms with E-state index in [1.165, 1.54) is 9.80 Å². The first-order valence-corrected chi connectivity index (χ1v) is 24.7. The summed E-state index contributed by atoms with van der Waals surface area (Å²) in [5.41, 5.74) is 13.0. The third-order valence-corrected chi connectivity index (χ3v) is 14.7. The second-order valence-corrected chi connectivity index (χ2v) is 20.5. The van der Waals surface area contributed by atoms with Gasteiger partial charge >= 0.3 is 0 Å². The molecule has 2 aliphatic carbocycles. The summed E-state index contributed by atoms with van der Waals surface area (Å²) in [5, 5.41) is 1.42. The Balaban J connectivity index is 1.10. The van der Waals surface area contributed by atoms with E-state index in [1.54, 1.807) is 12.4 Å². The van der Waals surface area contributed by atoms with Crippen molar-refractivity contribution in [2.24, 2.45) is 23.7 Å². The zero-order chi connectivity index (χ0) is 49.6. The lowest BCUT2D eigenvalue weighted by atomic mass is 9.79. The predicted octanol–water partition coefficient (Wildman–Crippen LogP) is 12.4. The van der Waals surface area contributed by atoms with Crippen LogP contribution in [0, 0.1) is 35.5 Å². The number of hydrogen-bond donors (Lipinski definition) is 0. The molecule has 2 bridgehead atoms. The molecule has 4 amide bonds. The predicted molar refractivity (Wildman–Crippen MR) is 280 cm³/mol. The van der Waals surface area contributed by atoms with Gasteiger partial charge in [-0.15, -0.1) is 0 Å². The molecule has 4 aromatic carbocycles. The van der Waals surface area contributed by atoms with E-state index in [2.05, 4.69) is 77.2 Å². The van der Waals surface area contributed by atoms with Gasteiger partial charge in [0.05, 0.1) is 22.8 Å². The highest BCUT2D eigenvalue weighted by Gasteiger charge is 2.46. The van der Waals surface area contributed by atoms with Gasteiger partial charge in [0.2, 0.25) is 0 Å². The standard InChI is InChI=1S/C62H53N5O4/c1-33(2)57(34(3)4)66-60(69)45-25-23-42-39-21-22-44-54-47(29-39)53(43-24-26-46(61(66)70)56(45)55(42)43)40(30-48(54)62(71)67(59(44)68)58(35(5)6)36(7)8)20-17-37-15-18-38(19-16-37)41-31-51(49-13-9-11-27-63-49)65-52(32-41)50-14-10-12-28-64-50/h9-16,18-19,21-28,30-36,57-58H,29H2,1-8H3. The van der Waals surface area contributed by atoms with Gasteiger partial charge in [0.25, 0.3) is 23.6 Å². The maximum absolute atomic E-state index is 15.1. The Hall–Kier alpha value is -8.09. The maximum atomic E-state index is 15.1. The molecule has 0 saturated carbocycles. The van der Waals surface area contributed by atoms with Crippen LogP contribution in [-0.2, 0) is 11.2 Å². The van der Waals surface area contributed by atoms with Crippen LogP contribution in [0.3, 0.4) is 0 Å². The molecule has 0 unspecified atom stereocenters. The number of fused-ring (bicyclic) bond motifs is 3. The van der Waals surface area contributed by atoms with Gasteiger partial charge < -0.3 is 0 Å². The second kappa shape index (κ2) is 17.4. The zero-order valence-electron chi connectivity index (χ0n) is 41.2. The van der Waals surface area contributed by atoms with E-state index in [4.69, 9.17) is 4.98 Å². The van der Waals surface area contributed by atoms with Crippen LogP contribution in [0.4, 0.5) is 0 Å². The van der Waals surface area contributed by atoms with Crippen LogP contribution in [0.25, 0.3) is 66.9 Å². The minimum Gasteiger partial charge on any atom is -0.271 e. The minimum absolute atomic E-state index is 0.0151. The molecular formula is C62H53N5O4. The van der Waals surface area contributed by atoms with Crippen molar-refractivity contribution < 1.29 is 19.2 Å². The highest BCUT2D eigenvalue weighted by atomic mass is 16.2. The molecule has 3 aromatic heterocycles. The third kappa shape index (κ3) is 7.35. The van der Waals surface area contributed by atoms with E-state index >= 15 is 4.79 Å². The van der Waals surface area contributed by atoms with Gasteiger partial charge in [-0.05, 0) is 142 Å². The molecule has 9 heteroatoms. The molecule has 0 fully saturated rings. The Labute approximate surface area is 414 Å². The number of allylic oxidation sites excluding steroid dienone is 3. The molecule has 7 aromatic rings. The van der Waals surface area contributed by atoms with Crippen molar-refractivity contribution in [3.63, 3.8) is 0 Å². The highest BCUT2D eigenvalue weighted by Crippen LogP contribution is 2.51. The van der Waals surface area contributed by atoms with Gasteiger partial charge in [-0.2, -0.15) is 0 Å². The molecule has 0 N–H and O–H groups in total. The van der Waals surface area contributed by atoms with Gasteiger partial charge in [0.1, 0.15) is 0 Å². The number of hydrogen-bond acceptors (Lipinski definition) is 7. The summed E-state index contributed by atoms with van der Waals surface area (Å²) >= 11 is 0. The van der Waals surface area contributed by atoms with Crippen molar-refractivity contribution in [1.29, 1.82) is 0 Å². The van der Waals surface area contributed by atoms with Gasteiger partial charge in [0, 0.05) is 74.4 Å². The molecule has 11 rings (SSSR count). The van der Waals surface area contributed by atoms with Gasteiger partial charge in [-0.1, -0.05) is 110 Å². The molecule has 9 nitrogen and oxygen atoms in total. The summed E-state index contributed by atoms with van der Waals surface area (Å²) in [6.07, 6.45) is 7.79. The molecule has 4 aliphatic rings. The molecule has 71 heavy (non-hydrogen) atoms. The fourth-order valence-electron chi connectivity index (χ4n) is 11.9. The lowest BCUT2D eigenvalue weighted by Crippen LogP contribution is -2.52. The van der Waals surface area contributed by atoms with E-state index in [0.29, 0.717) is 45.2 Å². The van der Waals surface area contributed by atoms with Crippen molar-refractivity contribution in [2.75, 3.05) is 0 Å². The summed E-state index contributed by atoms with van der Waals surface area (Å²) in [6, 6.07) is 32.6. The molecule has 0 atom stereocenters. The summed E-state index contributed by atoms with van der Waals surface area (Å²) in [4.78, 5) is 76.4. The van der Waals surface area contributed by atoms with Crippen LogP contribution in [0.2, 0.25) is 0 Å². The Morgan fingerprint density at radius 2 is 1.00 bits per heavy atom. The van der Waals surface area contributed by atoms with Crippen LogP contribution < -0.4 is 0 Å². The average Bonchev–Trinajstić information content (AvgIpc) is 3.65. The van der Waals surface area contributed by atoms with Gasteiger partial charge in [-0.25, -0.2) is 4.98 Å². The molecule has 0 saturated heterocycles. The first-order valence-electron chi connectivity index (χ1n) is 24.7. The topological polar surface area (TPSA) is 113 Å². The van der Waals surface area contributed by atoms with E-state index in [1.807, 2.05) is 115 Å². The first kappa shape index (κ1) is 45.4. The summed E-state index contributed by atoms with van der Waals surface area (Å²) < 4.78 is 0. The minimum atomic E-state index is -0.335. The summed E-state index contributed by atoms with van der Waals surface area (Å²) in [7, 11) is 0. The molecule has 2 aliphatic heterocycles. The number of imide groups is 2. The molecule has 350 valence electrons. The SMILES string of the molecule is CC(C)C(C(C)C)N1C(=O)C2=CC=C3Cc4c2c(cc(C#Cc2ccc(-c5cc(-c6ccccn6)nc(-c6ccccn6)c5)cc2)c4-c2ccc4c5c(ccc3c25)C(=O)N(C(C(C)C)C(C)C)C4=O)C1=O. The largest absolute Gasteiger partial charge is 0.271 e. The smallest absolute Gasteiger partial charge is 0.261 e. The van der Waals surface area contributed by atoms with Crippen LogP contribution >= 0.6 is 0 Å². The molecule has 0 spiro atoms. The van der Waals surface area contributed by atoms with E-state index in [9.17, 15) is 14.4 Å². The van der Waals surface area contributed by atoms with Gasteiger partial charge in [-0.3, -0.25) is 38.9 Å². The fraction of sp³-hybridized carbons (Fsp3) is 0.242. The number of pyridine rings is 3. The van der Waals surface area contributed by atoms with Crippen molar-refractivity contribution >= 4 is 45.5 Å².